The van der Waals surface area contributed by atoms with Crippen LogP contribution < -0.4 is 0 Å². The van der Waals surface area contributed by atoms with Crippen LogP contribution in [0.5, 0.6) is 0 Å². The standard InChI is InChI=1S/CH16O7Si7/c1-15-7-13-5-11-3-9-2-10-4-12-6-14-8-15/h15H,9-14H2,1H3. The molecule has 0 saturated carbocycles. The molecule has 1 aliphatic rings. The van der Waals surface area contributed by atoms with E-state index >= 15 is 0 Å². The summed E-state index contributed by atoms with van der Waals surface area (Å²) in [6.45, 7) is 2.00. The van der Waals surface area contributed by atoms with Gasteiger partial charge in [0, 0.05) is 0 Å². The van der Waals surface area contributed by atoms with Crippen LogP contribution in [0.2, 0.25) is 6.55 Å². The fourth-order valence-electron chi connectivity index (χ4n) is 0.742. The zero-order chi connectivity index (χ0) is 10.8. The number of hydrogen-bond donors (Lipinski definition) is 0. The van der Waals surface area contributed by atoms with Crippen molar-refractivity contribution < 1.29 is 28.8 Å². The first-order valence-corrected chi connectivity index (χ1v) is 13.5. The molecule has 0 amide bonds. The third kappa shape index (κ3) is 8.99. The zero-order valence-corrected chi connectivity index (χ0v) is 18.3. The molecule has 0 aliphatic carbocycles. The largest absolute Gasteiger partial charge is 0.425 e. The fraction of sp³-hybridized carbons (Fsp3) is 1.00. The molecule has 15 heavy (non-hydrogen) atoms. The minimum absolute atomic E-state index is 0.848. The molecule has 0 aromatic rings. The molecule has 90 valence electrons. The maximum Gasteiger partial charge on any atom is 0.299 e. The van der Waals surface area contributed by atoms with Crippen LogP contribution in [0.3, 0.4) is 0 Å². The van der Waals surface area contributed by atoms with E-state index in [0.29, 0.717) is 0 Å². The van der Waals surface area contributed by atoms with Crippen molar-refractivity contribution in [2.75, 3.05) is 0 Å². The summed E-state index contributed by atoms with van der Waals surface area (Å²) in [7, 11) is -6.65. The van der Waals surface area contributed by atoms with E-state index in [4.69, 9.17) is 28.8 Å². The Morgan fingerprint density at radius 2 is 0.933 bits per heavy atom. The van der Waals surface area contributed by atoms with Crippen molar-refractivity contribution in [2.45, 2.75) is 6.55 Å². The molecule has 1 saturated heterocycles. The van der Waals surface area contributed by atoms with Gasteiger partial charge in [0.05, 0.1) is 0 Å². The third-order valence-corrected chi connectivity index (χ3v) is 12.9. The lowest BCUT2D eigenvalue weighted by Gasteiger charge is -2.14. The van der Waals surface area contributed by atoms with Crippen LogP contribution in [-0.2, 0) is 28.8 Å². The summed E-state index contributed by atoms with van der Waals surface area (Å²) in [6, 6.07) is 0. The SMILES string of the molecule is C[SiH]1O[SiH2]O[SiH2]O[SiH2]O[SiH2]O[SiH2]O[SiH2]O1. The first-order valence-electron chi connectivity index (χ1n) is 4.51. The molecule has 0 unspecified atom stereocenters. The number of hydrogen-bond acceptors (Lipinski definition) is 7. The van der Waals surface area contributed by atoms with Gasteiger partial charge in [0.15, 0.2) is 0 Å². The quantitative estimate of drug-likeness (QED) is 0.408. The van der Waals surface area contributed by atoms with Crippen LogP contribution in [-0.4, -0.2) is 69.3 Å². The summed E-state index contributed by atoms with van der Waals surface area (Å²) < 4.78 is 37.6. The second-order valence-corrected chi connectivity index (χ2v) is 16.0. The molecule has 7 nitrogen and oxygen atoms in total. The Kier molecular flexibility index (Phi) is 9.91. The molecule has 1 fully saturated rings. The first kappa shape index (κ1) is 14.3. The average Bonchev–Trinajstić information content (AvgIpc) is 2.24. The molecule has 0 aromatic heterocycles. The minimum Gasteiger partial charge on any atom is -0.425 e. The fourth-order valence-corrected chi connectivity index (χ4v) is 13.5. The van der Waals surface area contributed by atoms with Crippen molar-refractivity contribution in [1.29, 1.82) is 0 Å². The molecular weight excluding hydrogens is 321 g/mol. The molecule has 0 atom stereocenters. The van der Waals surface area contributed by atoms with Gasteiger partial charge < -0.3 is 28.8 Å². The zero-order valence-electron chi connectivity index (χ0n) is 8.68. The molecule has 1 aliphatic heterocycles. The Morgan fingerprint density at radius 1 is 0.600 bits per heavy atom. The van der Waals surface area contributed by atoms with Gasteiger partial charge in [-0.1, -0.05) is 0 Å². The van der Waals surface area contributed by atoms with Crippen molar-refractivity contribution in [3.05, 3.63) is 0 Å². The van der Waals surface area contributed by atoms with E-state index in [0.717, 1.165) is 0 Å². The van der Waals surface area contributed by atoms with Crippen molar-refractivity contribution in [3.63, 3.8) is 0 Å². The summed E-state index contributed by atoms with van der Waals surface area (Å²) >= 11 is 0. The highest BCUT2D eigenvalue weighted by Gasteiger charge is 2.06. The minimum atomic E-state index is -1.48. The van der Waals surface area contributed by atoms with E-state index < -0.39 is 69.3 Å². The van der Waals surface area contributed by atoms with Gasteiger partial charge in [-0.05, 0) is 6.55 Å². The molecule has 0 N–H and O–H groups in total. The van der Waals surface area contributed by atoms with Gasteiger partial charge in [0.2, 0.25) is 0 Å². The first-order chi connectivity index (χ1) is 7.39. The van der Waals surface area contributed by atoms with Crippen LogP contribution in [0, 0.1) is 0 Å². The lowest BCUT2D eigenvalue weighted by Crippen LogP contribution is -2.28. The topological polar surface area (TPSA) is 64.6 Å². The van der Waals surface area contributed by atoms with Crippen LogP contribution >= 0.6 is 0 Å². The van der Waals surface area contributed by atoms with Crippen molar-refractivity contribution in [1.82, 2.24) is 0 Å². The highest BCUT2D eigenvalue weighted by molar-refractivity contribution is 6.58. The van der Waals surface area contributed by atoms with E-state index in [1.54, 1.807) is 0 Å². The molecular formula is CH16O7Si7. The lowest BCUT2D eigenvalue weighted by molar-refractivity contribution is 0.339. The van der Waals surface area contributed by atoms with Gasteiger partial charge in [-0.2, -0.15) is 0 Å². The lowest BCUT2D eigenvalue weighted by atomic mass is 11.9. The predicted molar refractivity (Wildman–Crippen MR) is 71.9 cm³/mol. The summed E-state index contributed by atoms with van der Waals surface area (Å²) in [6.07, 6.45) is 0. The molecule has 0 spiro atoms. The maximum absolute atomic E-state index is 5.49. The van der Waals surface area contributed by atoms with E-state index in [2.05, 4.69) is 0 Å². The molecule has 1 heterocycles. The highest BCUT2D eigenvalue weighted by Crippen LogP contribution is 1.87. The van der Waals surface area contributed by atoms with Gasteiger partial charge in [-0.15, -0.1) is 0 Å². The summed E-state index contributed by atoms with van der Waals surface area (Å²) in [5, 5.41) is 0. The smallest absolute Gasteiger partial charge is 0.299 e. The molecule has 0 radical (unpaired) electrons. The van der Waals surface area contributed by atoms with Crippen molar-refractivity contribution >= 4 is 69.3 Å². The van der Waals surface area contributed by atoms with E-state index in [1.807, 2.05) is 6.55 Å². The molecule has 0 bridgehead atoms. The average molecular weight is 337 g/mol. The Labute approximate surface area is 105 Å². The molecule has 1 rings (SSSR count). The van der Waals surface area contributed by atoms with Crippen molar-refractivity contribution in [2.24, 2.45) is 0 Å². The Hall–Kier alpha value is 1.24. The summed E-state index contributed by atoms with van der Waals surface area (Å²) in [4.78, 5) is 0. The second kappa shape index (κ2) is 10.4. The van der Waals surface area contributed by atoms with Crippen LogP contribution in [0.25, 0.3) is 0 Å². The van der Waals surface area contributed by atoms with Crippen LogP contribution in [0.1, 0.15) is 0 Å². The monoisotopic (exact) mass is 336 g/mol. The summed E-state index contributed by atoms with van der Waals surface area (Å²) in [5.41, 5.74) is 0. The van der Waals surface area contributed by atoms with Crippen molar-refractivity contribution in [3.8, 4) is 0 Å². The summed E-state index contributed by atoms with van der Waals surface area (Å²) in [5.74, 6) is 0. The molecule has 14 heteroatoms. The van der Waals surface area contributed by atoms with Gasteiger partial charge in [0.25, 0.3) is 69.3 Å². The van der Waals surface area contributed by atoms with Gasteiger partial charge >= 0.3 is 0 Å². The maximum atomic E-state index is 5.49. The van der Waals surface area contributed by atoms with E-state index in [9.17, 15) is 0 Å². The highest BCUT2D eigenvalue weighted by atomic mass is 28.4. The third-order valence-electron chi connectivity index (χ3n) is 1.44. The Bertz CT molecular complexity index is 133. The van der Waals surface area contributed by atoms with Gasteiger partial charge in [-0.25, -0.2) is 0 Å². The van der Waals surface area contributed by atoms with Crippen LogP contribution in [0.15, 0.2) is 0 Å². The van der Waals surface area contributed by atoms with Gasteiger partial charge in [0.1, 0.15) is 0 Å². The van der Waals surface area contributed by atoms with Crippen LogP contribution in [0.4, 0.5) is 0 Å². The Balaban J connectivity index is 2.10. The predicted octanol–water partition coefficient (Wildman–Crippen LogP) is -6.04. The normalized spacial score (nSPS) is 37.8. The van der Waals surface area contributed by atoms with E-state index in [1.165, 1.54) is 0 Å². The molecule has 0 aromatic carbocycles. The van der Waals surface area contributed by atoms with E-state index in [-0.39, 0.29) is 0 Å². The Morgan fingerprint density at radius 3 is 1.33 bits per heavy atom. The van der Waals surface area contributed by atoms with Gasteiger partial charge in [-0.3, -0.25) is 0 Å². The second-order valence-electron chi connectivity index (χ2n) is 2.63. The number of rotatable bonds is 0.